The van der Waals surface area contributed by atoms with E-state index in [0.29, 0.717) is 5.52 Å². The van der Waals surface area contributed by atoms with E-state index in [9.17, 15) is 14.6 Å². The Morgan fingerprint density at radius 2 is 2.00 bits per heavy atom. The molecule has 5 N–H and O–H groups in total. The van der Waals surface area contributed by atoms with Crippen molar-refractivity contribution in [2.24, 2.45) is 5.92 Å². The topological polar surface area (TPSA) is 130 Å². The maximum Gasteiger partial charge on any atom is 0.165 e. The smallest absolute Gasteiger partial charge is 0.165 e. The lowest BCUT2D eigenvalue weighted by atomic mass is 10.1. The van der Waals surface area contributed by atoms with Crippen LogP contribution in [-0.4, -0.2) is 59.8 Å². The number of anilines is 1. The number of aliphatic hydroxyl groups is 3. The normalized spacial score (nSPS) is 33.9. The van der Waals surface area contributed by atoms with Crippen LogP contribution in [0.1, 0.15) is 6.04 Å². The molecule has 20 heavy (non-hydrogen) atoms. The highest BCUT2D eigenvalue weighted by atomic mass is 19.1. The van der Waals surface area contributed by atoms with Crippen molar-refractivity contribution >= 4 is 17.0 Å². The predicted octanol–water partition coefficient (Wildman–Crippen LogP) is -1.37. The predicted molar refractivity (Wildman–Crippen MR) is 66.3 cm³/mol. The fraction of sp³-hybridized carbons (Fsp3) is 0.545. The fourth-order valence-corrected chi connectivity index (χ4v) is 2.70. The SMILES string of the molecule is Nc1ncnc2c1ncn2[C@@H]1C(O)C(O)[C@H](CO)[C@@H]1F. The molecule has 108 valence electrons. The Labute approximate surface area is 112 Å². The molecular formula is C11H14FN5O3. The van der Waals surface area contributed by atoms with Crippen LogP contribution in [0, 0.1) is 5.92 Å². The molecule has 3 rings (SSSR count). The second-order valence-electron chi connectivity index (χ2n) is 4.85. The lowest BCUT2D eigenvalue weighted by Crippen LogP contribution is -2.30. The minimum absolute atomic E-state index is 0.149. The molecule has 2 aromatic heterocycles. The van der Waals surface area contributed by atoms with Gasteiger partial charge in [-0.2, -0.15) is 0 Å². The molecule has 5 atom stereocenters. The van der Waals surface area contributed by atoms with E-state index >= 15 is 0 Å². The number of alkyl halides is 1. The van der Waals surface area contributed by atoms with Crippen molar-refractivity contribution in [2.45, 2.75) is 24.4 Å². The van der Waals surface area contributed by atoms with Crippen LogP contribution in [0.2, 0.25) is 0 Å². The van der Waals surface area contributed by atoms with E-state index in [1.54, 1.807) is 0 Å². The third-order valence-electron chi connectivity index (χ3n) is 3.79. The van der Waals surface area contributed by atoms with Gasteiger partial charge in [-0.25, -0.2) is 19.3 Å². The molecule has 9 heteroatoms. The van der Waals surface area contributed by atoms with Crippen LogP contribution in [0.4, 0.5) is 10.2 Å². The summed E-state index contributed by atoms with van der Waals surface area (Å²) in [6.45, 7) is -0.556. The van der Waals surface area contributed by atoms with E-state index in [4.69, 9.17) is 10.8 Å². The standard InChI is InChI=1S/C11H14FN5O3/c12-5-4(1-18)8(19)9(20)7(5)17-3-16-6-10(13)14-2-15-11(6)17/h2-5,7-9,18-20H,1H2,(H2,13,14,15)/t4-,5+,7+,8?,9?/m1/s1. The molecule has 0 amide bonds. The maximum absolute atomic E-state index is 14.3. The van der Waals surface area contributed by atoms with Crippen molar-refractivity contribution in [3.05, 3.63) is 12.7 Å². The molecule has 1 aliphatic rings. The molecule has 0 aliphatic heterocycles. The first-order valence-corrected chi connectivity index (χ1v) is 6.10. The minimum atomic E-state index is -1.63. The van der Waals surface area contributed by atoms with Gasteiger partial charge in [0.25, 0.3) is 0 Å². The van der Waals surface area contributed by atoms with Crippen LogP contribution in [0.3, 0.4) is 0 Å². The monoisotopic (exact) mass is 283 g/mol. The largest absolute Gasteiger partial charge is 0.396 e. The number of aromatic nitrogens is 4. The van der Waals surface area contributed by atoms with Gasteiger partial charge in [-0.3, -0.25) is 0 Å². The Bertz CT molecular complexity index is 636. The fourth-order valence-electron chi connectivity index (χ4n) is 2.70. The highest BCUT2D eigenvalue weighted by Crippen LogP contribution is 2.39. The molecule has 0 bridgehead atoms. The Morgan fingerprint density at radius 1 is 1.25 bits per heavy atom. The number of nitrogen functional groups attached to an aromatic ring is 1. The van der Waals surface area contributed by atoms with Gasteiger partial charge in [0.2, 0.25) is 0 Å². The van der Waals surface area contributed by atoms with Gasteiger partial charge in [0.05, 0.1) is 25.1 Å². The molecular weight excluding hydrogens is 269 g/mol. The lowest BCUT2D eigenvalue weighted by Gasteiger charge is -2.19. The van der Waals surface area contributed by atoms with Crippen LogP contribution in [0.5, 0.6) is 0 Å². The molecule has 1 saturated carbocycles. The van der Waals surface area contributed by atoms with Crippen molar-refractivity contribution in [1.29, 1.82) is 0 Å². The van der Waals surface area contributed by atoms with Crippen LogP contribution in [-0.2, 0) is 0 Å². The average molecular weight is 283 g/mol. The van der Waals surface area contributed by atoms with Crippen molar-refractivity contribution < 1.29 is 19.7 Å². The van der Waals surface area contributed by atoms with Crippen LogP contribution >= 0.6 is 0 Å². The first-order chi connectivity index (χ1) is 9.56. The van der Waals surface area contributed by atoms with Gasteiger partial charge in [0.1, 0.15) is 24.1 Å². The van der Waals surface area contributed by atoms with Gasteiger partial charge in [-0.15, -0.1) is 0 Å². The summed E-state index contributed by atoms with van der Waals surface area (Å²) in [5.41, 5.74) is 6.22. The maximum atomic E-state index is 14.3. The third kappa shape index (κ3) is 1.67. The summed E-state index contributed by atoms with van der Waals surface area (Å²) >= 11 is 0. The number of nitrogens with zero attached hydrogens (tertiary/aromatic N) is 4. The third-order valence-corrected chi connectivity index (χ3v) is 3.79. The molecule has 8 nitrogen and oxygen atoms in total. The Balaban J connectivity index is 2.09. The molecule has 0 spiro atoms. The number of nitrogens with two attached hydrogens (primary N) is 1. The highest BCUT2D eigenvalue weighted by molar-refractivity contribution is 5.81. The van der Waals surface area contributed by atoms with Gasteiger partial charge in [0.15, 0.2) is 11.5 Å². The van der Waals surface area contributed by atoms with Crippen molar-refractivity contribution in [1.82, 2.24) is 19.5 Å². The minimum Gasteiger partial charge on any atom is -0.396 e. The summed E-state index contributed by atoms with van der Waals surface area (Å²) in [6, 6.07) is -1.08. The second-order valence-corrected chi connectivity index (χ2v) is 4.85. The number of aliphatic hydroxyl groups excluding tert-OH is 3. The van der Waals surface area contributed by atoms with Gasteiger partial charge in [-0.05, 0) is 0 Å². The van der Waals surface area contributed by atoms with E-state index in [2.05, 4.69) is 15.0 Å². The Kier molecular flexibility index (Phi) is 3.04. The second kappa shape index (κ2) is 4.62. The van der Waals surface area contributed by atoms with E-state index < -0.39 is 36.9 Å². The summed E-state index contributed by atoms with van der Waals surface area (Å²) < 4.78 is 15.7. The number of hydrogen-bond acceptors (Lipinski definition) is 7. The Morgan fingerprint density at radius 3 is 2.65 bits per heavy atom. The quantitative estimate of drug-likeness (QED) is 0.535. The molecule has 2 unspecified atom stereocenters. The summed E-state index contributed by atoms with van der Waals surface area (Å²) in [6.07, 6.45) is -1.83. The molecule has 0 saturated heterocycles. The summed E-state index contributed by atoms with van der Waals surface area (Å²) in [4.78, 5) is 11.8. The first kappa shape index (κ1) is 13.2. The van der Waals surface area contributed by atoms with Gasteiger partial charge >= 0.3 is 0 Å². The highest BCUT2D eigenvalue weighted by Gasteiger charge is 2.51. The number of fused-ring (bicyclic) bond motifs is 1. The molecule has 0 aromatic carbocycles. The first-order valence-electron chi connectivity index (χ1n) is 6.10. The molecule has 2 heterocycles. The number of hydrogen-bond donors (Lipinski definition) is 4. The summed E-state index contributed by atoms with van der Waals surface area (Å²) in [5, 5.41) is 28.9. The Hall–Kier alpha value is -1.84. The van der Waals surface area contributed by atoms with E-state index in [-0.39, 0.29) is 11.5 Å². The van der Waals surface area contributed by atoms with Crippen LogP contribution < -0.4 is 5.73 Å². The van der Waals surface area contributed by atoms with Crippen LogP contribution in [0.25, 0.3) is 11.2 Å². The van der Waals surface area contributed by atoms with Gasteiger partial charge in [-0.1, -0.05) is 0 Å². The molecule has 2 aromatic rings. The summed E-state index contributed by atoms with van der Waals surface area (Å²) in [5.74, 6) is -0.900. The number of imidazole rings is 1. The number of halogens is 1. The average Bonchev–Trinajstić information content (AvgIpc) is 2.92. The lowest BCUT2D eigenvalue weighted by molar-refractivity contribution is -0.00496. The molecule has 1 aliphatic carbocycles. The molecule has 0 radical (unpaired) electrons. The van der Waals surface area contributed by atoms with Crippen LogP contribution in [0.15, 0.2) is 12.7 Å². The van der Waals surface area contributed by atoms with E-state index in [0.717, 1.165) is 0 Å². The van der Waals surface area contributed by atoms with E-state index in [1.807, 2.05) is 0 Å². The summed E-state index contributed by atoms with van der Waals surface area (Å²) in [7, 11) is 0. The zero-order chi connectivity index (χ0) is 14.4. The van der Waals surface area contributed by atoms with Crippen molar-refractivity contribution in [2.75, 3.05) is 12.3 Å². The van der Waals surface area contributed by atoms with Crippen molar-refractivity contribution in [3.63, 3.8) is 0 Å². The zero-order valence-corrected chi connectivity index (χ0v) is 10.3. The molecule has 1 fully saturated rings. The number of rotatable bonds is 2. The van der Waals surface area contributed by atoms with Crippen molar-refractivity contribution in [3.8, 4) is 0 Å². The zero-order valence-electron chi connectivity index (χ0n) is 10.3. The van der Waals surface area contributed by atoms with Gasteiger partial charge in [0, 0.05) is 5.92 Å². The van der Waals surface area contributed by atoms with Gasteiger partial charge < -0.3 is 25.6 Å². The van der Waals surface area contributed by atoms with E-state index in [1.165, 1.54) is 17.2 Å².